The molecule has 0 aliphatic heterocycles. The van der Waals surface area contributed by atoms with E-state index in [1.54, 1.807) is 10.6 Å². The molecule has 0 N–H and O–H groups in total. The van der Waals surface area contributed by atoms with Gasteiger partial charge in [0.25, 0.3) is 0 Å². The lowest BCUT2D eigenvalue weighted by Crippen LogP contribution is -1.95. The summed E-state index contributed by atoms with van der Waals surface area (Å²) in [6.45, 7) is 7.12. The van der Waals surface area contributed by atoms with Gasteiger partial charge in [-0.1, -0.05) is 26.7 Å². The molecule has 0 aliphatic rings. The highest BCUT2D eigenvalue weighted by Crippen LogP contribution is 2.20. The van der Waals surface area contributed by atoms with Gasteiger partial charge in [-0.2, -0.15) is 0 Å². The van der Waals surface area contributed by atoms with Crippen molar-refractivity contribution in [2.75, 3.05) is 12.4 Å². The molecular weight excluding hydrogens is 187 g/mol. The summed E-state index contributed by atoms with van der Waals surface area (Å²) >= 11 is 0. The predicted molar refractivity (Wildman–Crippen MR) is 61.6 cm³/mol. The Bertz CT molecular complexity index is 73.5. The quantitative estimate of drug-likeness (QED) is 0.324. The van der Waals surface area contributed by atoms with Crippen molar-refractivity contribution in [3.63, 3.8) is 0 Å². The van der Waals surface area contributed by atoms with Crippen molar-refractivity contribution in [3.05, 3.63) is 0 Å². The molecule has 0 aromatic heterocycles. The van der Waals surface area contributed by atoms with Crippen LogP contribution in [0, 0.1) is 0 Å². The van der Waals surface area contributed by atoms with Gasteiger partial charge in [-0.15, -0.1) is 21.4 Å². The molecule has 0 spiro atoms. The van der Waals surface area contributed by atoms with Crippen molar-refractivity contribution in [1.29, 1.82) is 0 Å². The summed E-state index contributed by atoms with van der Waals surface area (Å²) in [4.78, 5) is 0. The second-order valence-electron chi connectivity index (χ2n) is 2.59. The fraction of sp³-hybridized carbons (Fsp3) is 1.00. The van der Waals surface area contributed by atoms with Crippen LogP contribution in [0.15, 0.2) is 0 Å². The number of unbranched alkanes of at least 4 members (excludes halogenated alkanes) is 2. The molecule has 0 rings (SSSR count). The molecule has 0 aliphatic carbocycles. The maximum atomic E-state index is 5.27. The first-order valence-electron chi connectivity index (χ1n) is 4.63. The van der Waals surface area contributed by atoms with E-state index in [0.717, 1.165) is 13.0 Å². The van der Waals surface area contributed by atoms with Crippen LogP contribution in [0.5, 0.6) is 0 Å². The van der Waals surface area contributed by atoms with Crippen molar-refractivity contribution in [1.82, 2.24) is 0 Å². The molecule has 0 amide bonds. The first-order valence-corrected chi connectivity index (χ1v) is 7.01. The van der Waals surface area contributed by atoms with E-state index >= 15 is 0 Å². The van der Waals surface area contributed by atoms with Crippen LogP contribution in [-0.2, 0) is 4.65 Å². The Morgan fingerprint density at radius 2 is 1.92 bits per heavy atom. The van der Waals surface area contributed by atoms with Crippen molar-refractivity contribution in [2.24, 2.45) is 0 Å². The zero-order valence-electron chi connectivity index (χ0n) is 8.04. The SMILES string of the molecule is CCCCO[B]SSCCCC. The summed E-state index contributed by atoms with van der Waals surface area (Å²) < 4.78 is 5.27. The van der Waals surface area contributed by atoms with E-state index in [-0.39, 0.29) is 0 Å². The number of rotatable bonds is 9. The molecule has 0 saturated carbocycles. The van der Waals surface area contributed by atoms with Crippen molar-refractivity contribution in [3.8, 4) is 0 Å². The molecule has 0 heterocycles. The van der Waals surface area contributed by atoms with E-state index in [4.69, 9.17) is 4.65 Å². The minimum absolute atomic E-state index is 0.873. The summed E-state index contributed by atoms with van der Waals surface area (Å²) in [5, 5.41) is 0. The van der Waals surface area contributed by atoms with Gasteiger partial charge in [0.2, 0.25) is 0 Å². The lowest BCUT2D eigenvalue weighted by Gasteiger charge is -2.00. The van der Waals surface area contributed by atoms with Gasteiger partial charge in [0.1, 0.15) is 0 Å². The van der Waals surface area contributed by atoms with Crippen LogP contribution < -0.4 is 0 Å². The molecule has 0 atom stereocenters. The van der Waals surface area contributed by atoms with Crippen LogP contribution in [0.4, 0.5) is 0 Å². The fourth-order valence-corrected chi connectivity index (χ4v) is 2.27. The van der Waals surface area contributed by atoms with Gasteiger partial charge in [0.05, 0.1) is 0 Å². The van der Waals surface area contributed by atoms with Crippen LogP contribution in [0.1, 0.15) is 39.5 Å². The number of hydrogen-bond donors (Lipinski definition) is 0. The summed E-state index contributed by atoms with van der Waals surface area (Å²) in [6, 6.07) is 0. The first-order chi connectivity index (χ1) is 5.91. The highest BCUT2D eigenvalue weighted by molar-refractivity contribution is 8.85. The summed E-state index contributed by atoms with van der Waals surface area (Å²) in [6.07, 6.45) is 4.96. The van der Waals surface area contributed by atoms with Crippen LogP contribution >= 0.6 is 21.4 Å². The smallest absolute Gasteiger partial charge is 0.383 e. The molecule has 0 unspecified atom stereocenters. The van der Waals surface area contributed by atoms with E-state index in [9.17, 15) is 0 Å². The van der Waals surface area contributed by atoms with Gasteiger partial charge >= 0.3 is 6.76 Å². The van der Waals surface area contributed by atoms with E-state index in [2.05, 4.69) is 13.8 Å². The predicted octanol–water partition coefficient (Wildman–Crippen LogP) is 3.52. The second kappa shape index (κ2) is 11.7. The molecule has 0 saturated heterocycles. The minimum Gasteiger partial charge on any atom is -0.428 e. The molecule has 0 bridgehead atoms. The molecule has 4 heteroatoms. The molecule has 1 radical (unpaired) electrons. The zero-order chi connectivity index (χ0) is 9.07. The Labute approximate surface area is 85.0 Å². The fourth-order valence-electron chi connectivity index (χ4n) is 0.583. The van der Waals surface area contributed by atoms with Crippen LogP contribution in [-0.4, -0.2) is 19.1 Å². The van der Waals surface area contributed by atoms with Crippen molar-refractivity contribution >= 4 is 28.2 Å². The summed E-state index contributed by atoms with van der Waals surface area (Å²) in [7, 11) is 3.59. The van der Waals surface area contributed by atoms with Crippen molar-refractivity contribution in [2.45, 2.75) is 39.5 Å². The highest BCUT2D eigenvalue weighted by Gasteiger charge is 1.93. The van der Waals surface area contributed by atoms with Gasteiger partial charge in [-0.3, -0.25) is 0 Å². The minimum atomic E-state index is 0.873. The molecule has 1 nitrogen and oxygen atoms in total. The van der Waals surface area contributed by atoms with Gasteiger partial charge in [0.15, 0.2) is 0 Å². The summed E-state index contributed by atoms with van der Waals surface area (Å²) in [5.41, 5.74) is 0. The van der Waals surface area contributed by atoms with Gasteiger partial charge in [-0.05, 0) is 12.8 Å². The largest absolute Gasteiger partial charge is 0.428 e. The first kappa shape index (κ1) is 12.7. The molecular formula is C8H18BOS2. The van der Waals surface area contributed by atoms with Crippen LogP contribution in [0.2, 0.25) is 0 Å². The van der Waals surface area contributed by atoms with Gasteiger partial charge < -0.3 is 4.65 Å². The third-order valence-electron chi connectivity index (χ3n) is 1.37. The lowest BCUT2D eigenvalue weighted by atomic mass is 10.3. The topological polar surface area (TPSA) is 9.23 Å². The Morgan fingerprint density at radius 1 is 1.17 bits per heavy atom. The Kier molecular flexibility index (Phi) is 12.4. The Morgan fingerprint density at radius 3 is 2.58 bits per heavy atom. The van der Waals surface area contributed by atoms with E-state index < -0.39 is 0 Å². The standard InChI is InChI=1S/C8H18BOS2/c1-3-5-7-10-9-12-11-8-6-4-2/h3-8H2,1-2H3. The van der Waals surface area contributed by atoms with Gasteiger partial charge in [-0.25, -0.2) is 0 Å². The molecule has 12 heavy (non-hydrogen) atoms. The van der Waals surface area contributed by atoms with E-state index in [1.807, 2.05) is 17.6 Å². The van der Waals surface area contributed by atoms with Crippen LogP contribution in [0.25, 0.3) is 0 Å². The lowest BCUT2D eigenvalue weighted by molar-refractivity contribution is 0.336. The van der Waals surface area contributed by atoms with Gasteiger partial charge in [0, 0.05) is 12.4 Å². The Balaban J connectivity index is 2.73. The maximum Gasteiger partial charge on any atom is 0.383 e. The van der Waals surface area contributed by atoms with E-state index in [0.29, 0.717) is 0 Å². The van der Waals surface area contributed by atoms with E-state index in [1.165, 1.54) is 25.0 Å². The monoisotopic (exact) mass is 205 g/mol. The number of hydrogen-bond acceptors (Lipinski definition) is 3. The Hall–Kier alpha value is 0.725. The molecule has 71 valence electrons. The zero-order valence-corrected chi connectivity index (χ0v) is 9.68. The van der Waals surface area contributed by atoms with Crippen molar-refractivity contribution < 1.29 is 4.65 Å². The van der Waals surface area contributed by atoms with Crippen LogP contribution in [0.3, 0.4) is 0 Å². The average molecular weight is 205 g/mol. The average Bonchev–Trinajstić information content (AvgIpc) is 2.10. The molecule has 0 fully saturated rings. The summed E-state index contributed by atoms with van der Waals surface area (Å²) in [5.74, 6) is 1.23. The normalized spacial score (nSPS) is 10.2. The third kappa shape index (κ3) is 10.7. The maximum absolute atomic E-state index is 5.27. The molecule has 0 aromatic rings. The highest BCUT2D eigenvalue weighted by atomic mass is 33.1. The molecule has 0 aromatic carbocycles. The second-order valence-corrected chi connectivity index (χ2v) is 4.91. The third-order valence-corrected chi connectivity index (χ3v) is 3.32.